The minimum atomic E-state index is -3.93. The maximum absolute atomic E-state index is 13.3. The largest absolute Gasteiger partial charge is 0.492 e. The van der Waals surface area contributed by atoms with Gasteiger partial charge in [0.15, 0.2) is 0 Å². The number of rotatable bonds is 11. The van der Waals surface area contributed by atoms with Crippen molar-refractivity contribution in [3.8, 4) is 5.75 Å². The van der Waals surface area contributed by atoms with Crippen molar-refractivity contribution in [2.75, 3.05) is 24.0 Å². The Morgan fingerprint density at radius 2 is 1.73 bits per heavy atom. The van der Waals surface area contributed by atoms with Gasteiger partial charge in [-0.25, -0.2) is 8.42 Å². The lowest BCUT2D eigenvalue weighted by atomic mass is 10.1. The summed E-state index contributed by atoms with van der Waals surface area (Å²) < 4.78 is 34.0. The average Bonchev–Trinajstić information content (AvgIpc) is 2.82. The highest BCUT2D eigenvalue weighted by molar-refractivity contribution is 9.10. The first-order chi connectivity index (χ1) is 15.9. The summed E-state index contributed by atoms with van der Waals surface area (Å²) in [6.45, 7) is 2.32. The third kappa shape index (κ3) is 7.07. The Morgan fingerprint density at radius 1 is 1.00 bits per heavy atom. The van der Waals surface area contributed by atoms with E-state index in [1.54, 1.807) is 42.5 Å². The number of aryl methyl sites for hydroxylation is 1. The van der Waals surface area contributed by atoms with Crippen molar-refractivity contribution in [1.29, 1.82) is 0 Å². The van der Waals surface area contributed by atoms with Crippen molar-refractivity contribution in [3.63, 3.8) is 0 Å². The fourth-order valence-corrected chi connectivity index (χ4v) is 5.07. The summed E-state index contributed by atoms with van der Waals surface area (Å²) in [6.07, 6.45) is 2.11. The SMILES string of the molecule is CCCc1ccc(OCCNC(=O)CN(c2cccc(Br)c2)S(=O)(=O)c2ccccc2)cc1. The molecule has 6 nitrogen and oxygen atoms in total. The number of ether oxygens (including phenoxy) is 1. The minimum Gasteiger partial charge on any atom is -0.492 e. The van der Waals surface area contributed by atoms with Crippen LogP contribution >= 0.6 is 15.9 Å². The molecule has 0 heterocycles. The molecule has 0 aliphatic rings. The molecule has 0 aliphatic heterocycles. The van der Waals surface area contributed by atoms with Gasteiger partial charge in [0.05, 0.1) is 17.1 Å². The third-order valence-electron chi connectivity index (χ3n) is 4.87. The van der Waals surface area contributed by atoms with Crippen LogP contribution in [0.3, 0.4) is 0 Å². The fourth-order valence-electron chi connectivity index (χ4n) is 3.25. The van der Waals surface area contributed by atoms with Crippen molar-refractivity contribution in [2.24, 2.45) is 0 Å². The van der Waals surface area contributed by atoms with Gasteiger partial charge in [0, 0.05) is 4.47 Å². The molecule has 0 unspecified atom stereocenters. The molecule has 0 saturated carbocycles. The average molecular weight is 531 g/mol. The van der Waals surface area contributed by atoms with E-state index in [-0.39, 0.29) is 24.6 Å². The summed E-state index contributed by atoms with van der Waals surface area (Å²) in [6, 6.07) is 22.8. The first kappa shape index (κ1) is 24.8. The van der Waals surface area contributed by atoms with Crippen LogP contribution in [0.15, 0.2) is 88.2 Å². The van der Waals surface area contributed by atoms with Crippen LogP contribution in [0.1, 0.15) is 18.9 Å². The van der Waals surface area contributed by atoms with Gasteiger partial charge in [0.2, 0.25) is 5.91 Å². The number of benzene rings is 3. The van der Waals surface area contributed by atoms with Gasteiger partial charge in [-0.3, -0.25) is 9.10 Å². The molecule has 0 aliphatic carbocycles. The summed E-state index contributed by atoms with van der Waals surface area (Å²) in [5.74, 6) is 0.308. The van der Waals surface area contributed by atoms with Crippen molar-refractivity contribution in [1.82, 2.24) is 5.32 Å². The standard InChI is InChI=1S/C25H27BrN2O4S/c1-2-7-20-12-14-23(15-13-20)32-17-16-27-25(29)19-28(22-9-6-8-21(26)18-22)33(30,31)24-10-4-3-5-11-24/h3-6,8-15,18H,2,7,16-17,19H2,1H3,(H,27,29). The molecule has 0 spiro atoms. The van der Waals surface area contributed by atoms with Crippen LogP contribution in [0.4, 0.5) is 5.69 Å². The molecule has 0 atom stereocenters. The van der Waals surface area contributed by atoms with Gasteiger partial charge >= 0.3 is 0 Å². The maximum atomic E-state index is 13.3. The number of hydrogen-bond acceptors (Lipinski definition) is 4. The van der Waals surface area contributed by atoms with E-state index < -0.39 is 15.9 Å². The second-order valence-corrected chi connectivity index (χ2v) is 10.2. The summed E-state index contributed by atoms with van der Waals surface area (Å²) in [5, 5.41) is 2.74. The number of carbonyl (C=O) groups excluding carboxylic acids is 1. The Labute approximate surface area is 203 Å². The summed E-state index contributed by atoms with van der Waals surface area (Å²) in [4.78, 5) is 12.8. The van der Waals surface area contributed by atoms with E-state index in [1.165, 1.54) is 17.7 Å². The molecule has 33 heavy (non-hydrogen) atoms. The molecule has 0 radical (unpaired) electrons. The van der Waals surface area contributed by atoms with Crippen molar-refractivity contribution in [3.05, 3.63) is 88.9 Å². The van der Waals surface area contributed by atoms with Crippen LogP contribution in [-0.2, 0) is 21.2 Å². The lowest BCUT2D eigenvalue weighted by Gasteiger charge is -2.24. The van der Waals surface area contributed by atoms with Gasteiger partial charge in [-0.1, -0.05) is 65.7 Å². The second-order valence-electron chi connectivity index (χ2n) is 7.40. The number of nitrogens with zero attached hydrogens (tertiary/aromatic N) is 1. The van der Waals surface area contributed by atoms with E-state index in [0.717, 1.165) is 22.9 Å². The van der Waals surface area contributed by atoms with Crippen LogP contribution in [0, 0.1) is 0 Å². The third-order valence-corrected chi connectivity index (χ3v) is 7.15. The van der Waals surface area contributed by atoms with Gasteiger partial charge in [-0.05, 0) is 54.4 Å². The van der Waals surface area contributed by atoms with Gasteiger partial charge in [0.25, 0.3) is 10.0 Å². The highest BCUT2D eigenvalue weighted by atomic mass is 79.9. The van der Waals surface area contributed by atoms with Gasteiger partial charge < -0.3 is 10.1 Å². The van der Waals surface area contributed by atoms with E-state index in [4.69, 9.17) is 4.74 Å². The number of anilines is 1. The smallest absolute Gasteiger partial charge is 0.264 e. The molecule has 0 bridgehead atoms. The van der Waals surface area contributed by atoms with Crippen LogP contribution in [0.5, 0.6) is 5.75 Å². The Bertz CT molecular complexity index is 1150. The number of hydrogen-bond donors (Lipinski definition) is 1. The van der Waals surface area contributed by atoms with Gasteiger partial charge in [-0.2, -0.15) is 0 Å². The predicted molar refractivity (Wildman–Crippen MR) is 134 cm³/mol. The monoisotopic (exact) mass is 530 g/mol. The number of amides is 1. The molecule has 174 valence electrons. The first-order valence-electron chi connectivity index (χ1n) is 10.7. The number of nitrogens with one attached hydrogen (secondary N) is 1. The molecule has 3 aromatic carbocycles. The first-order valence-corrected chi connectivity index (χ1v) is 13.0. The van der Waals surface area contributed by atoms with E-state index in [1.807, 2.05) is 24.3 Å². The Balaban J connectivity index is 1.63. The van der Waals surface area contributed by atoms with E-state index in [0.29, 0.717) is 10.2 Å². The van der Waals surface area contributed by atoms with Gasteiger partial charge in [-0.15, -0.1) is 0 Å². The van der Waals surface area contributed by atoms with Crippen LogP contribution in [0.25, 0.3) is 0 Å². The number of sulfonamides is 1. The Hall–Kier alpha value is -2.84. The molecule has 3 rings (SSSR count). The highest BCUT2D eigenvalue weighted by Gasteiger charge is 2.27. The van der Waals surface area contributed by atoms with Crippen molar-refractivity contribution < 1.29 is 17.9 Å². The highest BCUT2D eigenvalue weighted by Crippen LogP contribution is 2.26. The number of carbonyl (C=O) groups is 1. The summed E-state index contributed by atoms with van der Waals surface area (Å²) in [5.41, 5.74) is 1.65. The van der Waals surface area contributed by atoms with E-state index in [2.05, 4.69) is 28.2 Å². The molecule has 1 N–H and O–H groups in total. The van der Waals surface area contributed by atoms with Crippen molar-refractivity contribution >= 4 is 37.5 Å². The molecule has 0 aromatic heterocycles. The van der Waals surface area contributed by atoms with Crippen LogP contribution in [-0.4, -0.2) is 34.0 Å². The van der Waals surface area contributed by atoms with Gasteiger partial charge in [0.1, 0.15) is 18.9 Å². The van der Waals surface area contributed by atoms with E-state index in [9.17, 15) is 13.2 Å². The quantitative estimate of drug-likeness (QED) is 0.361. The van der Waals surface area contributed by atoms with Crippen molar-refractivity contribution in [2.45, 2.75) is 24.7 Å². The zero-order valence-electron chi connectivity index (χ0n) is 18.4. The molecular weight excluding hydrogens is 504 g/mol. The van der Waals surface area contributed by atoms with Crippen LogP contribution in [0.2, 0.25) is 0 Å². The minimum absolute atomic E-state index is 0.118. The molecule has 1 amide bonds. The zero-order valence-corrected chi connectivity index (χ0v) is 20.8. The topological polar surface area (TPSA) is 75.7 Å². The maximum Gasteiger partial charge on any atom is 0.264 e. The Kier molecular flexibility index (Phi) is 8.91. The molecule has 3 aromatic rings. The summed E-state index contributed by atoms with van der Waals surface area (Å²) in [7, 11) is -3.93. The molecule has 8 heteroatoms. The molecule has 0 fully saturated rings. The second kappa shape index (κ2) is 11.9. The molecule has 0 saturated heterocycles. The Morgan fingerprint density at radius 3 is 2.39 bits per heavy atom. The predicted octanol–water partition coefficient (Wildman–Crippen LogP) is 4.79. The van der Waals surface area contributed by atoms with E-state index >= 15 is 0 Å². The lowest BCUT2D eigenvalue weighted by Crippen LogP contribution is -2.41. The fraction of sp³-hybridized carbons (Fsp3) is 0.240. The summed E-state index contributed by atoms with van der Waals surface area (Å²) >= 11 is 3.37. The normalized spacial score (nSPS) is 11.1. The molecular formula is C25H27BrN2O4S. The lowest BCUT2D eigenvalue weighted by molar-refractivity contribution is -0.119. The van der Waals surface area contributed by atoms with Crippen LogP contribution < -0.4 is 14.4 Å². The number of halogens is 1. The zero-order chi connectivity index (χ0) is 23.7.